The van der Waals surface area contributed by atoms with Gasteiger partial charge in [-0.3, -0.25) is 9.59 Å². The van der Waals surface area contributed by atoms with E-state index in [0.717, 1.165) is 0 Å². The Bertz CT molecular complexity index is 510. The van der Waals surface area contributed by atoms with Crippen LogP contribution in [0.15, 0.2) is 10.2 Å². The zero-order chi connectivity index (χ0) is 15.3. The van der Waals surface area contributed by atoms with Gasteiger partial charge in [0, 0.05) is 9.82 Å². The molecule has 0 aromatic rings. The Morgan fingerprint density at radius 2 is 1.80 bits per heavy atom. The molecule has 0 aromatic heterocycles. The van der Waals surface area contributed by atoms with Gasteiger partial charge in [0.2, 0.25) is 0 Å². The maximum absolute atomic E-state index is 11.9. The van der Waals surface area contributed by atoms with Crippen molar-refractivity contribution in [1.29, 1.82) is 0 Å². The minimum absolute atomic E-state index is 0.0136. The van der Waals surface area contributed by atoms with Crippen molar-refractivity contribution in [3.05, 3.63) is 20.9 Å². The fourth-order valence-corrected chi connectivity index (χ4v) is 2.56. The second-order valence-electron chi connectivity index (χ2n) is 4.59. The van der Waals surface area contributed by atoms with Gasteiger partial charge in [-0.1, -0.05) is 10.2 Å². The highest BCUT2D eigenvalue weighted by molar-refractivity contribution is 5.82. The van der Waals surface area contributed by atoms with Crippen LogP contribution in [-0.4, -0.2) is 38.2 Å². The minimum Gasteiger partial charge on any atom is -0.469 e. The molecule has 20 heavy (non-hydrogen) atoms. The number of methoxy groups -OCH3 is 2. The van der Waals surface area contributed by atoms with Gasteiger partial charge in [-0.25, -0.2) is 0 Å². The molecule has 0 unspecified atom stereocenters. The van der Waals surface area contributed by atoms with Crippen molar-refractivity contribution in [1.82, 2.24) is 0 Å². The van der Waals surface area contributed by atoms with E-state index in [0.29, 0.717) is 0 Å². The Hall–Kier alpha value is -2.44. The molecule has 108 valence electrons. The van der Waals surface area contributed by atoms with Crippen LogP contribution in [0.25, 0.3) is 20.9 Å². The molecule has 10 heteroatoms. The summed E-state index contributed by atoms with van der Waals surface area (Å²) in [6.07, 6.45) is 0.0136. The first-order chi connectivity index (χ1) is 9.46. The van der Waals surface area contributed by atoms with Crippen LogP contribution >= 0.6 is 0 Å². The van der Waals surface area contributed by atoms with E-state index in [-0.39, 0.29) is 6.42 Å². The van der Waals surface area contributed by atoms with Crippen molar-refractivity contribution >= 4 is 11.9 Å². The maximum atomic E-state index is 11.9. The molecular weight excluding hydrogens is 268 g/mol. The lowest BCUT2D eigenvalue weighted by Gasteiger charge is -2.26. The smallest absolute Gasteiger partial charge is 0.311 e. The third-order valence-electron chi connectivity index (χ3n) is 3.55. The number of hydrogen-bond acceptors (Lipinski definition) is 6. The van der Waals surface area contributed by atoms with Crippen molar-refractivity contribution in [2.24, 2.45) is 21.6 Å². The lowest BCUT2D eigenvalue weighted by atomic mass is 9.84. The van der Waals surface area contributed by atoms with E-state index in [2.05, 4.69) is 24.8 Å². The molecule has 0 aromatic carbocycles. The molecule has 1 rings (SSSR count). The first kappa shape index (κ1) is 15.6. The summed E-state index contributed by atoms with van der Waals surface area (Å²) in [4.78, 5) is 29.0. The Balaban J connectivity index is 3.34. The summed E-state index contributed by atoms with van der Waals surface area (Å²) in [5, 5.41) is 7.01. The molecule has 1 aliphatic rings. The molecular formula is C10H14N6O4. The fourth-order valence-electron chi connectivity index (χ4n) is 2.56. The van der Waals surface area contributed by atoms with Gasteiger partial charge in [0.25, 0.3) is 0 Å². The van der Waals surface area contributed by atoms with E-state index in [4.69, 9.17) is 15.8 Å². The van der Waals surface area contributed by atoms with E-state index in [1.807, 2.05) is 0 Å². The van der Waals surface area contributed by atoms with Crippen LogP contribution in [0.4, 0.5) is 0 Å². The Kier molecular flexibility index (Phi) is 4.79. The number of azide groups is 2. The van der Waals surface area contributed by atoms with Crippen molar-refractivity contribution < 1.29 is 19.1 Å². The normalized spacial score (nSPS) is 31.6. The van der Waals surface area contributed by atoms with Crippen LogP contribution < -0.4 is 0 Å². The lowest BCUT2D eigenvalue weighted by Crippen LogP contribution is -2.39. The molecule has 0 spiro atoms. The second-order valence-corrected chi connectivity index (χ2v) is 4.59. The Labute approximate surface area is 114 Å². The van der Waals surface area contributed by atoms with Crippen molar-refractivity contribution in [2.75, 3.05) is 14.2 Å². The zero-order valence-corrected chi connectivity index (χ0v) is 11.3. The summed E-state index contributed by atoms with van der Waals surface area (Å²) in [5.74, 6) is -2.14. The van der Waals surface area contributed by atoms with Gasteiger partial charge >= 0.3 is 11.9 Å². The number of esters is 2. The van der Waals surface area contributed by atoms with Crippen LogP contribution in [-0.2, 0) is 19.1 Å². The standard InChI is InChI=1S/C10H14N6O4/c1-10(9(18)20-3)4-5(8(17)19-2)6(13-15-11)7(10)14-16-12/h5-7H,4H2,1-3H3/t5-,6-,7-,10+/m1/s1. The van der Waals surface area contributed by atoms with Gasteiger partial charge in [0.1, 0.15) is 0 Å². The fraction of sp³-hybridized carbons (Fsp3) is 0.800. The van der Waals surface area contributed by atoms with E-state index in [1.165, 1.54) is 21.1 Å². The molecule has 0 N–H and O–H groups in total. The average Bonchev–Trinajstić information content (AvgIpc) is 2.73. The monoisotopic (exact) mass is 282 g/mol. The molecule has 1 saturated carbocycles. The average molecular weight is 282 g/mol. The molecule has 0 amide bonds. The van der Waals surface area contributed by atoms with E-state index in [9.17, 15) is 9.59 Å². The lowest BCUT2D eigenvalue weighted by molar-refractivity contribution is -0.152. The molecule has 1 fully saturated rings. The number of nitrogens with zero attached hydrogens (tertiary/aromatic N) is 6. The third kappa shape index (κ3) is 2.47. The van der Waals surface area contributed by atoms with Gasteiger partial charge in [0.05, 0.1) is 37.6 Å². The van der Waals surface area contributed by atoms with E-state index in [1.54, 1.807) is 0 Å². The highest BCUT2D eigenvalue weighted by Crippen LogP contribution is 2.46. The van der Waals surface area contributed by atoms with Gasteiger partial charge in [-0.05, 0) is 24.4 Å². The quantitative estimate of drug-likeness (QED) is 0.333. The summed E-state index contributed by atoms with van der Waals surface area (Å²) in [6, 6.07) is -2.01. The van der Waals surface area contributed by atoms with E-state index >= 15 is 0 Å². The minimum atomic E-state index is -1.25. The Morgan fingerprint density at radius 1 is 1.20 bits per heavy atom. The predicted molar refractivity (Wildman–Crippen MR) is 66.1 cm³/mol. The largest absolute Gasteiger partial charge is 0.469 e. The molecule has 0 bridgehead atoms. The number of ether oxygens (including phenoxy) is 2. The predicted octanol–water partition coefficient (Wildman–Crippen LogP) is 1.72. The highest BCUT2D eigenvalue weighted by Gasteiger charge is 2.57. The summed E-state index contributed by atoms with van der Waals surface area (Å²) in [7, 11) is 2.38. The zero-order valence-electron chi connectivity index (χ0n) is 11.3. The van der Waals surface area contributed by atoms with Crippen LogP contribution in [0, 0.1) is 11.3 Å². The second kappa shape index (κ2) is 6.14. The first-order valence-electron chi connectivity index (χ1n) is 5.71. The molecule has 1 aliphatic carbocycles. The van der Waals surface area contributed by atoms with Crippen LogP contribution in [0.1, 0.15) is 13.3 Å². The molecule has 10 nitrogen and oxygen atoms in total. The molecule has 0 saturated heterocycles. The van der Waals surface area contributed by atoms with E-state index < -0.39 is 35.4 Å². The molecule has 0 aliphatic heterocycles. The van der Waals surface area contributed by atoms with Gasteiger partial charge in [-0.2, -0.15) is 0 Å². The van der Waals surface area contributed by atoms with Crippen LogP contribution in [0.5, 0.6) is 0 Å². The van der Waals surface area contributed by atoms with Crippen molar-refractivity contribution in [3.8, 4) is 0 Å². The summed E-state index contributed by atoms with van der Waals surface area (Å²) >= 11 is 0. The Morgan fingerprint density at radius 3 is 2.25 bits per heavy atom. The van der Waals surface area contributed by atoms with Gasteiger partial charge in [-0.15, -0.1) is 0 Å². The highest BCUT2D eigenvalue weighted by atomic mass is 16.5. The molecule has 4 atom stereocenters. The van der Waals surface area contributed by atoms with Crippen molar-refractivity contribution in [2.45, 2.75) is 25.4 Å². The summed E-state index contributed by atoms with van der Waals surface area (Å²) in [5.41, 5.74) is 16.0. The summed E-state index contributed by atoms with van der Waals surface area (Å²) in [6.45, 7) is 1.50. The summed E-state index contributed by atoms with van der Waals surface area (Å²) < 4.78 is 9.33. The third-order valence-corrected chi connectivity index (χ3v) is 3.55. The molecule has 0 radical (unpaired) electrons. The van der Waals surface area contributed by atoms with Crippen LogP contribution in [0.3, 0.4) is 0 Å². The first-order valence-corrected chi connectivity index (χ1v) is 5.71. The number of carbonyl (C=O) groups excluding carboxylic acids is 2. The SMILES string of the molecule is COC(=O)[C@@H]1C[C@](C)(C(=O)OC)[C@H](N=[N+]=[N-])[C@@H]1N=[N+]=[N-]. The topological polar surface area (TPSA) is 150 Å². The van der Waals surface area contributed by atoms with Crippen LogP contribution in [0.2, 0.25) is 0 Å². The van der Waals surface area contributed by atoms with Crippen molar-refractivity contribution in [3.63, 3.8) is 0 Å². The number of hydrogen-bond donors (Lipinski definition) is 0. The number of carbonyl (C=O) groups is 2. The number of rotatable bonds is 4. The van der Waals surface area contributed by atoms with Gasteiger partial charge < -0.3 is 9.47 Å². The van der Waals surface area contributed by atoms with Gasteiger partial charge in [0.15, 0.2) is 0 Å². The molecule has 0 heterocycles. The maximum Gasteiger partial charge on any atom is 0.311 e.